The minimum atomic E-state index is -1.77. The summed E-state index contributed by atoms with van der Waals surface area (Å²) in [5, 5.41) is 23.3. The molecule has 2 N–H and O–H groups in total. The summed E-state index contributed by atoms with van der Waals surface area (Å²) >= 11 is 5.93. The number of aliphatic hydroxyl groups is 1. The molecule has 0 radical (unpaired) electrons. The average Bonchev–Trinajstić information content (AvgIpc) is 3.05. The number of hydrogen-bond acceptors (Lipinski definition) is 5. The van der Waals surface area contributed by atoms with E-state index < -0.39 is 11.6 Å². The number of carboxylic acid groups (broad SMARTS) is 1. The largest absolute Gasteiger partial charge is 0.479 e. The summed E-state index contributed by atoms with van der Waals surface area (Å²) < 4.78 is 5.11. The Labute approximate surface area is 142 Å². The van der Waals surface area contributed by atoms with Gasteiger partial charge in [-0.15, -0.1) is 0 Å². The number of amides is 1. The minimum Gasteiger partial charge on any atom is -0.479 e. The van der Waals surface area contributed by atoms with Gasteiger partial charge in [-0.3, -0.25) is 4.79 Å². The van der Waals surface area contributed by atoms with E-state index in [0.717, 1.165) is 5.56 Å². The molecule has 0 atom stereocenters. The van der Waals surface area contributed by atoms with Gasteiger partial charge >= 0.3 is 5.97 Å². The number of carbonyl (C=O) groups excluding carboxylic acids is 1. The topological polar surface area (TPSA) is 104 Å². The Morgan fingerprint density at radius 1 is 1.25 bits per heavy atom. The number of carbonyl (C=O) groups is 2. The summed E-state index contributed by atoms with van der Waals surface area (Å²) in [6.45, 7) is 0.268. The van der Waals surface area contributed by atoms with Gasteiger partial charge in [0.1, 0.15) is 5.69 Å². The fourth-order valence-electron chi connectivity index (χ4n) is 2.61. The van der Waals surface area contributed by atoms with Crippen molar-refractivity contribution < 1.29 is 24.3 Å². The van der Waals surface area contributed by atoms with Crippen molar-refractivity contribution >= 4 is 23.5 Å². The predicted molar refractivity (Wildman–Crippen MR) is 84.7 cm³/mol. The molecule has 3 rings (SSSR count). The average molecular weight is 351 g/mol. The first-order valence-corrected chi connectivity index (χ1v) is 7.74. The molecule has 2 heterocycles. The monoisotopic (exact) mass is 350 g/mol. The van der Waals surface area contributed by atoms with E-state index in [1.807, 2.05) is 0 Å². The smallest absolute Gasteiger partial charge is 0.335 e. The summed E-state index contributed by atoms with van der Waals surface area (Å²) in [7, 11) is 0. The third kappa shape index (κ3) is 3.13. The van der Waals surface area contributed by atoms with E-state index in [0.29, 0.717) is 10.7 Å². The number of aliphatic carboxylic acids is 1. The van der Waals surface area contributed by atoms with E-state index in [9.17, 15) is 14.7 Å². The second-order valence-corrected chi connectivity index (χ2v) is 6.15. The standard InChI is InChI=1S/C16H15ClN2O5/c17-11-3-1-2-10(8-11)12-9-13(24-18-12)14(20)19-6-4-16(23,5-7-19)15(21)22/h1-3,8-9,23H,4-7H2,(H,21,22). The molecule has 0 spiro atoms. The van der Waals surface area contributed by atoms with E-state index in [-0.39, 0.29) is 37.6 Å². The highest BCUT2D eigenvalue weighted by molar-refractivity contribution is 6.30. The van der Waals surface area contributed by atoms with Crippen molar-refractivity contribution in [2.45, 2.75) is 18.4 Å². The number of nitrogens with zero attached hydrogens (tertiary/aromatic N) is 2. The highest BCUT2D eigenvalue weighted by Gasteiger charge is 2.41. The van der Waals surface area contributed by atoms with Crippen LogP contribution in [0.3, 0.4) is 0 Å². The molecule has 1 aliphatic rings. The van der Waals surface area contributed by atoms with Gasteiger partial charge in [0.25, 0.3) is 5.91 Å². The molecule has 1 saturated heterocycles. The molecule has 0 unspecified atom stereocenters. The zero-order chi connectivity index (χ0) is 17.3. The van der Waals surface area contributed by atoms with Gasteiger partial charge in [-0.2, -0.15) is 0 Å². The van der Waals surface area contributed by atoms with Crippen molar-refractivity contribution in [3.63, 3.8) is 0 Å². The van der Waals surface area contributed by atoms with E-state index in [1.54, 1.807) is 24.3 Å². The van der Waals surface area contributed by atoms with Crippen molar-refractivity contribution in [2.24, 2.45) is 0 Å². The van der Waals surface area contributed by atoms with Crippen molar-refractivity contribution in [1.29, 1.82) is 0 Å². The van der Waals surface area contributed by atoms with Gasteiger partial charge in [-0.1, -0.05) is 28.9 Å². The molecule has 1 fully saturated rings. The highest BCUT2D eigenvalue weighted by atomic mass is 35.5. The maximum absolute atomic E-state index is 12.4. The Hall–Kier alpha value is -2.38. The first-order chi connectivity index (χ1) is 11.4. The molecule has 1 aromatic carbocycles. The van der Waals surface area contributed by atoms with E-state index in [1.165, 1.54) is 11.0 Å². The summed E-state index contributed by atoms with van der Waals surface area (Å²) in [4.78, 5) is 24.9. The van der Waals surface area contributed by atoms with Crippen molar-refractivity contribution in [3.8, 4) is 11.3 Å². The molecule has 1 aliphatic heterocycles. The molecule has 1 amide bonds. The number of halogens is 1. The lowest BCUT2D eigenvalue weighted by Gasteiger charge is -2.34. The molecule has 2 aromatic rings. The van der Waals surface area contributed by atoms with Crippen LogP contribution in [-0.2, 0) is 4.79 Å². The number of likely N-dealkylation sites (tertiary alicyclic amines) is 1. The maximum atomic E-state index is 12.4. The Morgan fingerprint density at radius 3 is 2.58 bits per heavy atom. The van der Waals surface area contributed by atoms with Crippen LogP contribution in [0.15, 0.2) is 34.9 Å². The fraction of sp³-hybridized carbons (Fsp3) is 0.312. The highest BCUT2D eigenvalue weighted by Crippen LogP contribution is 2.26. The van der Waals surface area contributed by atoms with Crippen LogP contribution in [0.4, 0.5) is 0 Å². The van der Waals surface area contributed by atoms with Gasteiger partial charge < -0.3 is 19.6 Å². The number of benzene rings is 1. The van der Waals surface area contributed by atoms with Crippen LogP contribution in [-0.4, -0.2) is 50.8 Å². The molecular weight excluding hydrogens is 336 g/mol. The first-order valence-electron chi connectivity index (χ1n) is 7.37. The van der Waals surface area contributed by atoms with Gasteiger partial charge in [0.05, 0.1) is 0 Å². The van der Waals surface area contributed by atoms with Crippen LogP contribution in [0.2, 0.25) is 5.02 Å². The molecule has 8 heteroatoms. The van der Waals surface area contributed by atoms with E-state index in [4.69, 9.17) is 21.2 Å². The normalized spacial score (nSPS) is 16.8. The Balaban J connectivity index is 1.72. The van der Waals surface area contributed by atoms with Crippen molar-refractivity contribution in [2.75, 3.05) is 13.1 Å². The Bertz CT molecular complexity index is 780. The predicted octanol–water partition coefficient (Wildman–Crippen LogP) is 2.05. The number of rotatable bonds is 3. The Kier molecular flexibility index (Phi) is 4.29. The molecule has 0 saturated carbocycles. The van der Waals surface area contributed by atoms with Crippen LogP contribution < -0.4 is 0 Å². The minimum absolute atomic E-state index is 0.0244. The lowest BCUT2D eigenvalue weighted by atomic mass is 9.91. The van der Waals surface area contributed by atoms with Crippen LogP contribution >= 0.6 is 11.6 Å². The molecule has 0 aliphatic carbocycles. The molecule has 0 bridgehead atoms. The van der Waals surface area contributed by atoms with Gasteiger partial charge in [0.15, 0.2) is 5.60 Å². The number of hydrogen-bond donors (Lipinski definition) is 2. The molecule has 24 heavy (non-hydrogen) atoms. The zero-order valence-electron chi connectivity index (χ0n) is 12.6. The van der Waals surface area contributed by atoms with Gasteiger partial charge in [0.2, 0.25) is 5.76 Å². The molecule has 1 aromatic heterocycles. The number of carboxylic acids is 1. The summed E-state index contributed by atoms with van der Waals surface area (Å²) in [5.74, 6) is -1.59. The summed E-state index contributed by atoms with van der Waals surface area (Å²) in [5.41, 5.74) is -0.562. The Morgan fingerprint density at radius 2 is 1.96 bits per heavy atom. The van der Waals surface area contributed by atoms with Crippen LogP contribution in [0.25, 0.3) is 11.3 Å². The molecule has 126 valence electrons. The van der Waals surface area contributed by atoms with E-state index in [2.05, 4.69) is 5.16 Å². The van der Waals surface area contributed by atoms with Crippen LogP contribution in [0.1, 0.15) is 23.4 Å². The summed E-state index contributed by atoms with van der Waals surface area (Å²) in [6.07, 6.45) is -0.0489. The maximum Gasteiger partial charge on any atom is 0.335 e. The van der Waals surface area contributed by atoms with Gasteiger partial charge in [-0.05, 0) is 12.1 Å². The second kappa shape index (κ2) is 6.26. The van der Waals surface area contributed by atoms with Gasteiger partial charge in [0, 0.05) is 42.6 Å². The van der Waals surface area contributed by atoms with Crippen molar-refractivity contribution in [1.82, 2.24) is 10.1 Å². The second-order valence-electron chi connectivity index (χ2n) is 5.72. The third-order valence-corrected chi connectivity index (χ3v) is 4.35. The number of piperidine rings is 1. The number of aromatic nitrogens is 1. The van der Waals surface area contributed by atoms with E-state index >= 15 is 0 Å². The fourth-order valence-corrected chi connectivity index (χ4v) is 2.80. The van der Waals surface area contributed by atoms with Crippen molar-refractivity contribution in [3.05, 3.63) is 41.1 Å². The zero-order valence-corrected chi connectivity index (χ0v) is 13.4. The van der Waals surface area contributed by atoms with Crippen LogP contribution in [0, 0.1) is 0 Å². The third-order valence-electron chi connectivity index (χ3n) is 4.12. The lowest BCUT2D eigenvalue weighted by molar-refractivity contribution is -0.162. The SMILES string of the molecule is O=C(c1cc(-c2cccc(Cl)c2)no1)N1CCC(O)(C(=O)O)CC1. The quantitative estimate of drug-likeness (QED) is 0.878. The van der Waals surface area contributed by atoms with Gasteiger partial charge in [-0.25, -0.2) is 4.79 Å². The summed E-state index contributed by atoms with van der Waals surface area (Å²) in [6, 6.07) is 8.53. The van der Waals surface area contributed by atoms with Crippen LogP contribution in [0.5, 0.6) is 0 Å². The lowest BCUT2D eigenvalue weighted by Crippen LogP contribution is -2.50. The molecule has 7 nitrogen and oxygen atoms in total. The molecular formula is C16H15ClN2O5. The first kappa shape index (κ1) is 16.5.